The molecule has 164 valence electrons. The zero-order chi connectivity index (χ0) is 21.8. The maximum Gasteiger partial charge on any atom is 0.343 e. The van der Waals surface area contributed by atoms with Gasteiger partial charge in [-0.3, -0.25) is 4.79 Å². The van der Waals surface area contributed by atoms with Gasteiger partial charge in [0.15, 0.2) is 17.8 Å². The van der Waals surface area contributed by atoms with E-state index in [4.69, 9.17) is 18.9 Å². The van der Waals surface area contributed by atoms with Gasteiger partial charge in [-0.2, -0.15) is 0 Å². The van der Waals surface area contributed by atoms with Crippen molar-refractivity contribution in [2.45, 2.75) is 76.0 Å². The third kappa shape index (κ3) is 1.33. The number of hydrogen-bond acceptors (Lipinski definition) is 10. The molecule has 0 aromatic carbocycles. The lowest BCUT2D eigenvalue weighted by molar-refractivity contribution is -0.239. The molecular weight excluding hydrogens is 400 g/mol. The van der Waals surface area contributed by atoms with E-state index in [9.17, 15) is 29.7 Å². The first-order chi connectivity index (χ1) is 13.8. The number of carbonyl (C=O) groups is 3. The molecule has 3 N–H and O–H groups in total. The molecule has 6 aliphatic rings. The van der Waals surface area contributed by atoms with E-state index in [2.05, 4.69) is 0 Å². The number of rotatable bonds is 0. The van der Waals surface area contributed by atoms with Crippen LogP contribution in [0.4, 0.5) is 0 Å². The molecule has 10 heteroatoms. The van der Waals surface area contributed by atoms with Crippen molar-refractivity contribution in [1.82, 2.24) is 0 Å². The number of aliphatic hydroxyl groups is 3. The molecule has 0 unspecified atom stereocenters. The van der Waals surface area contributed by atoms with Crippen LogP contribution < -0.4 is 0 Å². The van der Waals surface area contributed by atoms with Gasteiger partial charge in [-0.25, -0.2) is 9.59 Å². The highest BCUT2D eigenvalue weighted by Gasteiger charge is 3.03. The highest BCUT2D eigenvalue weighted by atomic mass is 16.8. The van der Waals surface area contributed by atoms with E-state index in [-0.39, 0.29) is 6.42 Å². The third-order valence-corrected chi connectivity index (χ3v) is 9.00. The number of carbonyl (C=O) groups excluding carboxylic acids is 3. The zero-order valence-corrected chi connectivity index (χ0v) is 16.9. The van der Waals surface area contributed by atoms with Crippen LogP contribution in [0.2, 0.25) is 0 Å². The van der Waals surface area contributed by atoms with E-state index in [0.717, 1.165) is 0 Å². The molecule has 2 spiro atoms. The number of ether oxygens (including phenoxy) is 4. The van der Waals surface area contributed by atoms with Crippen LogP contribution in [0.1, 0.15) is 34.1 Å². The van der Waals surface area contributed by atoms with E-state index >= 15 is 0 Å². The van der Waals surface area contributed by atoms with Crippen molar-refractivity contribution in [3.05, 3.63) is 0 Å². The fourth-order valence-corrected chi connectivity index (χ4v) is 8.12. The van der Waals surface area contributed by atoms with Crippen molar-refractivity contribution >= 4 is 17.9 Å². The van der Waals surface area contributed by atoms with Crippen LogP contribution in [-0.2, 0) is 33.3 Å². The van der Waals surface area contributed by atoms with Crippen molar-refractivity contribution in [3.63, 3.8) is 0 Å². The number of aliphatic hydroxyl groups excluding tert-OH is 2. The Morgan fingerprint density at radius 2 is 1.70 bits per heavy atom. The number of fused-ring (bicyclic) bond motifs is 1. The van der Waals surface area contributed by atoms with Gasteiger partial charge in [0.2, 0.25) is 11.9 Å². The van der Waals surface area contributed by atoms with Crippen molar-refractivity contribution in [2.24, 2.45) is 28.1 Å². The Hall–Kier alpha value is -1.75. The Morgan fingerprint density at radius 3 is 2.33 bits per heavy atom. The fourth-order valence-electron chi connectivity index (χ4n) is 8.12. The fraction of sp³-hybridized carbons (Fsp3) is 0.850. The first-order valence-corrected chi connectivity index (χ1v) is 10.2. The van der Waals surface area contributed by atoms with Crippen LogP contribution >= 0.6 is 0 Å². The summed E-state index contributed by atoms with van der Waals surface area (Å²) in [4.78, 5) is 38.2. The second-order valence-electron chi connectivity index (χ2n) is 10.7. The van der Waals surface area contributed by atoms with Gasteiger partial charge in [-0.15, -0.1) is 0 Å². The molecule has 2 aliphatic carbocycles. The summed E-state index contributed by atoms with van der Waals surface area (Å²) >= 11 is 0. The van der Waals surface area contributed by atoms with Gasteiger partial charge in [0.25, 0.3) is 0 Å². The standard InChI is InChI=1S/C20H24O10/c1-6-12(23)28-11-9(21)18-8-5-7(16(2,3)4)17(18)10(22)13(24)29-15(17)30-20(18,14(25)27-8)19(6,11)26/h6-11,15,21-22,26H,5H2,1-4H3/t6-,7-,8-,9+,10+,11+,15+,17-,18+,19-,20+/m0/s1. The Labute approximate surface area is 171 Å². The highest BCUT2D eigenvalue weighted by Crippen LogP contribution is 2.84. The molecule has 0 amide bonds. The quantitative estimate of drug-likeness (QED) is 0.314. The predicted octanol–water partition coefficient (Wildman–Crippen LogP) is -1.37. The van der Waals surface area contributed by atoms with Crippen molar-refractivity contribution in [1.29, 1.82) is 0 Å². The van der Waals surface area contributed by atoms with E-state index < -0.39 is 87.9 Å². The minimum absolute atomic E-state index is 0.229. The molecule has 0 radical (unpaired) electrons. The molecule has 10 nitrogen and oxygen atoms in total. The molecule has 30 heavy (non-hydrogen) atoms. The van der Waals surface area contributed by atoms with Gasteiger partial charge in [-0.1, -0.05) is 20.8 Å². The minimum atomic E-state index is -2.24. The maximum atomic E-state index is 13.4. The molecule has 2 saturated carbocycles. The molecule has 4 saturated heterocycles. The molecule has 0 aromatic heterocycles. The summed E-state index contributed by atoms with van der Waals surface area (Å²) in [6.45, 7) is 7.14. The average molecular weight is 424 g/mol. The summed E-state index contributed by atoms with van der Waals surface area (Å²) in [7, 11) is 0. The number of esters is 3. The van der Waals surface area contributed by atoms with Gasteiger partial charge in [-0.05, 0) is 24.7 Å². The normalized spacial score (nSPS) is 60.1. The van der Waals surface area contributed by atoms with Crippen molar-refractivity contribution in [2.75, 3.05) is 0 Å². The average Bonchev–Trinajstić information content (AvgIpc) is 3.35. The van der Waals surface area contributed by atoms with Gasteiger partial charge in [0, 0.05) is 0 Å². The molecule has 0 aromatic rings. The SMILES string of the molecule is C[C@H]1C(=O)O[C@@H]2[C@@H](O)[C@]34[C@@H]5C[C@@H](C(C)(C)C)[C@]36[C@H](OC(=O)[C@H]6O)O[C@@]4(C(=O)O5)[C@@]21O. The smallest absolute Gasteiger partial charge is 0.343 e. The van der Waals surface area contributed by atoms with E-state index in [1.54, 1.807) is 0 Å². The molecule has 6 rings (SSSR count). The highest BCUT2D eigenvalue weighted by molar-refractivity contribution is 5.94. The van der Waals surface area contributed by atoms with Crippen LogP contribution in [0, 0.1) is 28.1 Å². The minimum Gasteiger partial charge on any atom is -0.459 e. The molecular formula is C20H24O10. The Morgan fingerprint density at radius 1 is 1.03 bits per heavy atom. The molecule has 4 aliphatic heterocycles. The van der Waals surface area contributed by atoms with Crippen LogP contribution in [0.15, 0.2) is 0 Å². The Bertz CT molecular complexity index is 925. The zero-order valence-electron chi connectivity index (χ0n) is 16.9. The van der Waals surface area contributed by atoms with Crippen molar-refractivity contribution in [3.8, 4) is 0 Å². The lowest BCUT2D eigenvalue weighted by atomic mass is 9.51. The largest absolute Gasteiger partial charge is 0.459 e. The van der Waals surface area contributed by atoms with Gasteiger partial charge in [0.1, 0.15) is 12.2 Å². The van der Waals surface area contributed by atoms with Gasteiger partial charge < -0.3 is 34.3 Å². The second-order valence-corrected chi connectivity index (χ2v) is 10.7. The van der Waals surface area contributed by atoms with Crippen LogP contribution in [0.5, 0.6) is 0 Å². The lowest BCUT2D eigenvalue weighted by Gasteiger charge is -2.47. The molecule has 11 atom stereocenters. The Balaban J connectivity index is 1.72. The third-order valence-electron chi connectivity index (χ3n) is 9.00. The topological polar surface area (TPSA) is 149 Å². The molecule has 6 fully saturated rings. The summed E-state index contributed by atoms with van der Waals surface area (Å²) in [5, 5.41) is 34.7. The van der Waals surface area contributed by atoms with E-state index in [1.807, 2.05) is 20.8 Å². The molecule has 4 heterocycles. The summed E-state index contributed by atoms with van der Waals surface area (Å²) < 4.78 is 22.5. The van der Waals surface area contributed by atoms with E-state index in [1.165, 1.54) is 6.92 Å². The van der Waals surface area contributed by atoms with Gasteiger partial charge in [0.05, 0.1) is 16.7 Å². The maximum absolute atomic E-state index is 13.4. The second kappa shape index (κ2) is 4.69. The van der Waals surface area contributed by atoms with Crippen LogP contribution in [-0.4, -0.2) is 75.1 Å². The predicted molar refractivity (Wildman–Crippen MR) is 92.0 cm³/mol. The Kier molecular flexibility index (Phi) is 2.97. The first kappa shape index (κ1) is 19.0. The van der Waals surface area contributed by atoms with Gasteiger partial charge >= 0.3 is 17.9 Å². The van der Waals surface area contributed by atoms with Crippen LogP contribution in [0.3, 0.4) is 0 Å². The summed E-state index contributed by atoms with van der Waals surface area (Å²) in [6, 6.07) is 0. The lowest BCUT2D eigenvalue weighted by Crippen LogP contribution is -2.67. The first-order valence-electron chi connectivity index (χ1n) is 10.2. The monoisotopic (exact) mass is 424 g/mol. The summed E-state index contributed by atoms with van der Waals surface area (Å²) in [6.07, 6.45) is -6.91. The van der Waals surface area contributed by atoms with Crippen molar-refractivity contribution < 1.29 is 48.7 Å². The number of hydrogen-bond donors (Lipinski definition) is 3. The van der Waals surface area contributed by atoms with E-state index in [0.29, 0.717) is 0 Å². The van der Waals surface area contributed by atoms with Crippen LogP contribution in [0.25, 0.3) is 0 Å². The summed E-state index contributed by atoms with van der Waals surface area (Å²) in [5.74, 6) is -4.32. The molecule has 0 bridgehead atoms. The summed E-state index contributed by atoms with van der Waals surface area (Å²) in [5.41, 5.74) is -8.26.